The van der Waals surface area contributed by atoms with Crippen LogP contribution in [0.3, 0.4) is 0 Å². The second-order valence-corrected chi connectivity index (χ2v) is 3.33. The summed E-state index contributed by atoms with van der Waals surface area (Å²) in [6.07, 6.45) is 1.10. The molecule has 0 aromatic heterocycles. The summed E-state index contributed by atoms with van der Waals surface area (Å²) in [4.78, 5) is 11.0. The zero-order valence-corrected chi connectivity index (χ0v) is 10.7. The summed E-state index contributed by atoms with van der Waals surface area (Å²) in [6, 6.07) is 3.38. The quantitative estimate of drug-likeness (QED) is 0.572. The van der Waals surface area contributed by atoms with Gasteiger partial charge in [0, 0.05) is 17.7 Å². The fraction of sp³-hybridized carbons (Fsp3) is 0.308. The van der Waals surface area contributed by atoms with Crippen molar-refractivity contribution in [1.82, 2.24) is 0 Å². The highest BCUT2D eigenvalue weighted by Crippen LogP contribution is 2.34. The summed E-state index contributed by atoms with van der Waals surface area (Å²) in [5.41, 5.74) is 0.686. The van der Waals surface area contributed by atoms with Crippen LogP contribution in [0.15, 0.2) is 24.8 Å². The van der Waals surface area contributed by atoms with E-state index in [2.05, 4.69) is 6.58 Å². The highest BCUT2D eigenvalue weighted by molar-refractivity contribution is 5.81. The van der Waals surface area contributed by atoms with E-state index in [1.807, 2.05) is 0 Å². The average molecular weight is 252 g/mol. The number of ether oxygens (including phenoxy) is 4. The molecule has 5 heteroatoms. The zero-order chi connectivity index (χ0) is 13.5. The number of esters is 1. The fourth-order valence-electron chi connectivity index (χ4n) is 1.41. The van der Waals surface area contributed by atoms with Crippen molar-refractivity contribution in [2.75, 3.05) is 21.3 Å². The van der Waals surface area contributed by atoms with Crippen molar-refractivity contribution >= 4 is 5.97 Å². The van der Waals surface area contributed by atoms with Crippen LogP contribution in [0.25, 0.3) is 0 Å². The number of methoxy groups -OCH3 is 3. The molecule has 0 radical (unpaired) electrons. The Labute approximate surface area is 106 Å². The average Bonchev–Trinajstić information content (AvgIpc) is 2.43. The molecular weight excluding hydrogens is 236 g/mol. The number of carbonyl (C=O) groups is 1. The molecule has 0 amide bonds. The SMILES string of the molecule is C=CC(=O)OCc1cc(OC)c(OC)cc1OC. The molecule has 0 saturated carbocycles. The molecule has 1 aromatic carbocycles. The summed E-state index contributed by atoms with van der Waals surface area (Å²) in [6.45, 7) is 3.40. The number of benzene rings is 1. The van der Waals surface area contributed by atoms with Gasteiger partial charge in [0.15, 0.2) is 11.5 Å². The van der Waals surface area contributed by atoms with Gasteiger partial charge in [-0.1, -0.05) is 6.58 Å². The van der Waals surface area contributed by atoms with Gasteiger partial charge in [-0.05, 0) is 6.07 Å². The van der Waals surface area contributed by atoms with Gasteiger partial charge in [0.25, 0.3) is 0 Å². The van der Waals surface area contributed by atoms with Gasteiger partial charge in [-0.3, -0.25) is 0 Å². The van der Waals surface area contributed by atoms with E-state index >= 15 is 0 Å². The van der Waals surface area contributed by atoms with E-state index < -0.39 is 5.97 Å². The standard InChI is InChI=1S/C13H16O5/c1-5-13(14)18-8-9-6-11(16-3)12(17-4)7-10(9)15-2/h5-7H,1,8H2,2-4H3. The molecule has 1 aromatic rings. The van der Waals surface area contributed by atoms with E-state index in [9.17, 15) is 4.79 Å². The van der Waals surface area contributed by atoms with Gasteiger partial charge in [-0.2, -0.15) is 0 Å². The van der Waals surface area contributed by atoms with E-state index in [-0.39, 0.29) is 6.61 Å². The maximum absolute atomic E-state index is 11.0. The Bertz CT molecular complexity index is 439. The van der Waals surface area contributed by atoms with Crippen molar-refractivity contribution < 1.29 is 23.7 Å². The number of rotatable bonds is 6. The third kappa shape index (κ3) is 3.16. The fourth-order valence-corrected chi connectivity index (χ4v) is 1.41. The molecule has 0 spiro atoms. The van der Waals surface area contributed by atoms with E-state index in [0.29, 0.717) is 22.8 Å². The Morgan fingerprint density at radius 1 is 1.11 bits per heavy atom. The largest absolute Gasteiger partial charge is 0.496 e. The van der Waals surface area contributed by atoms with Crippen molar-refractivity contribution in [1.29, 1.82) is 0 Å². The molecule has 0 N–H and O–H groups in total. The summed E-state index contributed by atoms with van der Waals surface area (Å²) >= 11 is 0. The molecular formula is C13H16O5. The predicted octanol–water partition coefficient (Wildman–Crippen LogP) is 1.94. The highest BCUT2D eigenvalue weighted by atomic mass is 16.5. The van der Waals surface area contributed by atoms with Crippen molar-refractivity contribution in [2.45, 2.75) is 6.61 Å². The summed E-state index contributed by atoms with van der Waals surface area (Å²) in [5, 5.41) is 0. The maximum atomic E-state index is 11.0. The van der Waals surface area contributed by atoms with Crippen LogP contribution in [0.2, 0.25) is 0 Å². The van der Waals surface area contributed by atoms with E-state index in [1.54, 1.807) is 12.1 Å². The molecule has 18 heavy (non-hydrogen) atoms. The molecule has 98 valence electrons. The van der Waals surface area contributed by atoms with E-state index in [1.165, 1.54) is 21.3 Å². The van der Waals surface area contributed by atoms with Crippen molar-refractivity contribution in [3.8, 4) is 17.2 Å². The first-order valence-corrected chi connectivity index (χ1v) is 5.24. The first-order valence-electron chi connectivity index (χ1n) is 5.24. The van der Waals surface area contributed by atoms with Crippen LogP contribution in [0.1, 0.15) is 5.56 Å². The van der Waals surface area contributed by atoms with Crippen LogP contribution in [0.4, 0.5) is 0 Å². The molecule has 0 unspecified atom stereocenters. The van der Waals surface area contributed by atoms with Gasteiger partial charge >= 0.3 is 5.97 Å². The molecule has 0 saturated heterocycles. The lowest BCUT2D eigenvalue weighted by Crippen LogP contribution is -2.03. The molecule has 5 nitrogen and oxygen atoms in total. The van der Waals surface area contributed by atoms with Crippen LogP contribution >= 0.6 is 0 Å². The normalized spacial score (nSPS) is 9.50. The maximum Gasteiger partial charge on any atom is 0.330 e. The van der Waals surface area contributed by atoms with Crippen LogP contribution < -0.4 is 14.2 Å². The lowest BCUT2D eigenvalue weighted by molar-refractivity contribution is -0.139. The van der Waals surface area contributed by atoms with Crippen LogP contribution in [-0.4, -0.2) is 27.3 Å². The topological polar surface area (TPSA) is 54.0 Å². The van der Waals surface area contributed by atoms with E-state index in [4.69, 9.17) is 18.9 Å². The van der Waals surface area contributed by atoms with Gasteiger partial charge < -0.3 is 18.9 Å². The summed E-state index contributed by atoms with van der Waals surface area (Å²) in [7, 11) is 4.60. The molecule has 0 aliphatic rings. The monoisotopic (exact) mass is 252 g/mol. The van der Waals surface area contributed by atoms with Crippen LogP contribution in [-0.2, 0) is 16.1 Å². The lowest BCUT2D eigenvalue weighted by atomic mass is 10.2. The van der Waals surface area contributed by atoms with Crippen LogP contribution in [0.5, 0.6) is 17.2 Å². The van der Waals surface area contributed by atoms with Gasteiger partial charge in [-0.25, -0.2) is 4.79 Å². The third-order valence-electron chi connectivity index (χ3n) is 2.32. The second kappa shape index (κ2) is 6.54. The molecule has 0 heterocycles. The Morgan fingerprint density at radius 3 is 2.17 bits per heavy atom. The van der Waals surface area contributed by atoms with Crippen molar-refractivity contribution in [3.05, 3.63) is 30.4 Å². The van der Waals surface area contributed by atoms with Gasteiger partial charge in [0.1, 0.15) is 12.4 Å². The van der Waals surface area contributed by atoms with E-state index in [0.717, 1.165) is 6.08 Å². The minimum absolute atomic E-state index is 0.0778. The molecule has 0 atom stereocenters. The second-order valence-electron chi connectivity index (χ2n) is 3.33. The lowest BCUT2D eigenvalue weighted by Gasteiger charge is -2.13. The molecule has 0 aliphatic heterocycles. The first-order chi connectivity index (χ1) is 8.65. The highest BCUT2D eigenvalue weighted by Gasteiger charge is 2.12. The van der Waals surface area contributed by atoms with Gasteiger partial charge in [0.05, 0.1) is 21.3 Å². The number of hydrogen-bond donors (Lipinski definition) is 0. The smallest absolute Gasteiger partial charge is 0.330 e. The summed E-state index contributed by atoms with van der Waals surface area (Å²) in [5.74, 6) is 1.16. The Balaban J connectivity index is 3.01. The predicted molar refractivity (Wildman–Crippen MR) is 66.1 cm³/mol. The molecule has 1 rings (SSSR count). The third-order valence-corrected chi connectivity index (χ3v) is 2.32. The number of carbonyl (C=O) groups excluding carboxylic acids is 1. The van der Waals surface area contributed by atoms with Crippen molar-refractivity contribution in [3.63, 3.8) is 0 Å². The molecule has 0 fully saturated rings. The minimum Gasteiger partial charge on any atom is -0.496 e. The number of hydrogen-bond acceptors (Lipinski definition) is 5. The minimum atomic E-state index is -0.494. The summed E-state index contributed by atoms with van der Waals surface area (Å²) < 4.78 is 20.5. The van der Waals surface area contributed by atoms with Gasteiger partial charge in [-0.15, -0.1) is 0 Å². The first kappa shape index (κ1) is 13.9. The zero-order valence-electron chi connectivity index (χ0n) is 10.7. The van der Waals surface area contributed by atoms with Crippen molar-refractivity contribution in [2.24, 2.45) is 0 Å². The molecule has 0 aliphatic carbocycles. The Morgan fingerprint density at radius 2 is 1.67 bits per heavy atom. The Kier molecular flexibility index (Phi) is 5.05. The van der Waals surface area contributed by atoms with Gasteiger partial charge in [0.2, 0.25) is 0 Å². The molecule has 0 bridgehead atoms. The Hall–Kier alpha value is -2.17. The van der Waals surface area contributed by atoms with Crippen LogP contribution in [0, 0.1) is 0 Å².